The molecule has 4 N–H and O–H groups in total. The number of carbonyl (C=O) groups excluding carboxylic acids is 3. The predicted molar refractivity (Wildman–Crippen MR) is 148 cm³/mol. The van der Waals surface area contributed by atoms with Gasteiger partial charge in [-0.25, -0.2) is 0 Å². The number of phenols is 1. The van der Waals surface area contributed by atoms with E-state index in [4.69, 9.17) is 0 Å². The highest BCUT2D eigenvalue weighted by atomic mass is 16.3. The summed E-state index contributed by atoms with van der Waals surface area (Å²) in [5.41, 5.74) is 2.12. The Morgan fingerprint density at radius 1 is 0.950 bits per heavy atom. The van der Waals surface area contributed by atoms with Crippen molar-refractivity contribution in [1.29, 1.82) is 0 Å². The average molecular weight is 542 g/mol. The summed E-state index contributed by atoms with van der Waals surface area (Å²) < 4.78 is 0. The normalized spacial score (nSPS) is 17.8. The van der Waals surface area contributed by atoms with Crippen molar-refractivity contribution < 1.29 is 24.6 Å². The van der Waals surface area contributed by atoms with E-state index < -0.39 is 11.9 Å². The van der Waals surface area contributed by atoms with E-state index in [1.807, 2.05) is 37.3 Å². The molecule has 10 heteroatoms. The number of anilines is 1. The largest absolute Gasteiger partial charge is 0.505 e. The number of Topliss-reactive ketones (excluding diaryl/α,β-unsaturated/α-hetero) is 1. The van der Waals surface area contributed by atoms with E-state index in [0.717, 1.165) is 5.56 Å². The number of ketones is 1. The van der Waals surface area contributed by atoms with Crippen molar-refractivity contribution in [2.24, 2.45) is 0 Å². The summed E-state index contributed by atoms with van der Waals surface area (Å²) in [6.45, 7) is 3.29. The summed E-state index contributed by atoms with van der Waals surface area (Å²) in [4.78, 5) is 45.8. The summed E-state index contributed by atoms with van der Waals surface area (Å²) in [6, 6.07) is 19.4. The van der Waals surface area contributed by atoms with Gasteiger partial charge in [-0.3, -0.25) is 19.4 Å². The van der Waals surface area contributed by atoms with Gasteiger partial charge in [0.05, 0.1) is 23.0 Å². The molecule has 2 amide bonds. The molecule has 0 saturated carbocycles. The zero-order valence-corrected chi connectivity index (χ0v) is 22.1. The lowest BCUT2D eigenvalue weighted by molar-refractivity contribution is -0.125. The maximum atomic E-state index is 13.3. The molecule has 40 heavy (non-hydrogen) atoms. The van der Waals surface area contributed by atoms with Gasteiger partial charge >= 0.3 is 0 Å². The number of para-hydroxylation sites is 1. The molecule has 2 atom stereocenters. The molecule has 2 aromatic carbocycles. The third-order valence-corrected chi connectivity index (χ3v) is 7.24. The van der Waals surface area contributed by atoms with Gasteiger partial charge in [-0.1, -0.05) is 49.4 Å². The molecule has 3 aromatic rings. The fraction of sp³-hybridized carbons (Fsp3) is 0.267. The van der Waals surface area contributed by atoms with E-state index in [1.54, 1.807) is 46.3 Å². The highest BCUT2D eigenvalue weighted by Gasteiger charge is 2.40. The molecule has 0 bridgehead atoms. The first-order valence-corrected chi connectivity index (χ1v) is 13.3. The van der Waals surface area contributed by atoms with Gasteiger partial charge in [0.1, 0.15) is 11.4 Å². The van der Waals surface area contributed by atoms with Crippen LogP contribution in [0.4, 0.5) is 5.69 Å². The first kappa shape index (κ1) is 26.9. The van der Waals surface area contributed by atoms with Crippen molar-refractivity contribution in [3.8, 4) is 5.75 Å². The topological polar surface area (TPSA) is 135 Å². The number of aromatic hydroxyl groups is 1. The maximum absolute atomic E-state index is 13.3. The SMILES string of the molecule is CC[C@@H](NC1=C(Nc2cccc(C(=O)N3CCN(C(=O)c4ccccn4)CC3)c2O)C(O)C1=O)c1ccccc1. The second-order valence-electron chi connectivity index (χ2n) is 9.70. The van der Waals surface area contributed by atoms with E-state index in [1.165, 1.54) is 6.07 Å². The van der Waals surface area contributed by atoms with Crippen LogP contribution in [0.2, 0.25) is 0 Å². The second-order valence-corrected chi connectivity index (χ2v) is 9.70. The van der Waals surface area contributed by atoms with Gasteiger partial charge in [-0.15, -0.1) is 0 Å². The van der Waals surface area contributed by atoms with Gasteiger partial charge in [-0.05, 0) is 36.2 Å². The molecule has 0 radical (unpaired) electrons. The number of nitrogens with one attached hydrogen (secondary N) is 2. The lowest BCUT2D eigenvalue weighted by Gasteiger charge is -2.35. The van der Waals surface area contributed by atoms with E-state index >= 15 is 0 Å². The molecule has 1 aliphatic carbocycles. The Bertz CT molecular complexity index is 1440. The monoisotopic (exact) mass is 541 g/mol. The van der Waals surface area contributed by atoms with Crippen LogP contribution >= 0.6 is 0 Å². The minimum atomic E-state index is -1.36. The van der Waals surface area contributed by atoms with Crippen LogP contribution in [0.1, 0.15) is 45.8 Å². The zero-order chi connectivity index (χ0) is 28.2. The molecular weight excluding hydrogens is 510 g/mol. The van der Waals surface area contributed by atoms with Crippen molar-refractivity contribution >= 4 is 23.3 Å². The van der Waals surface area contributed by atoms with Crippen molar-refractivity contribution in [2.75, 3.05) is 31.5 Å². The second kappa shape index (κ2) is 11.6. The molecule has 1 aliphatic heterocycles. The van der Waals surface area contributed by atoms with Crippen LogP contribution in [0, 0.1) is 0 Å². The van der Waals surface area contributed by atoms with Gasteiger partial charge < -0.3 is 30.6 Å². The van der Waals surface area contributed by atoms with E-state index in [2.05, 4.69) is 15.6 Å². The standard InChI is InChI=1S/C30H31N5O5/c1-2-21(19-9-4-3-5-10-19)32-24-25(28(38)27(24)37)33-22-13-8-11-20(26(22)36)29(39)34-15-17-35(18-16-34)30(40)23-12-6-7-14-31-23/h3-14,21,28,32-33,36,38H,2,15-18H2,1H3/t21-,28?/m1/s1. The number of hydrogen-bond donors (Lipinski definition) is 4. The number of hydrogen-bond acceptors (Lipinski definition) is 8. The zero-order valence-electron chi connectivity index (χ0n) is 22.1. The van der Waals surface area contributed by atoms with Crippen LogP contribution in [0.5, 0.6) is 5.75 Å². The molecule has 1 fully saturated rings. The van der Waals surface area contributed by atoms with Crippen molar-refractivity contribution in [2.45, 2.75) is 25.5 Å². The summed E-state index contributed by atoms with van der Waals surface area (Å²) in [5, 5.41) is 27.6. The summed E-state index contributed by atoms with van der Waals surface area (Å²) >= 11 is 0. The molecule has 1 unspecified atom stereocenters. The molecule has 2 aliphatic rings. The number of aliphatic hydroxyl groups is 1. The van der Waals surface area contributed by atoms with E-state index in [0.29, 0.717) is 38.3 Å². The lowest BCUT2D eigenvalue weighted by Crippen LogP contribution is -2.50. The summed E-state index contributed by atoms with van der Waals surface area (Å²) in [5.74, 6) is -1.29. The number of nitrogens with zero attached hydrogens (tertiary/aromatic N) is 3. The predicted octanol–water partition coefficient (Wildman–Crippen LogP) is 2.69. The van der Waals surface area contributed by atoms with Gasteiger partial charge in [0.2, 0.25) is 5.78 Å². The number of benzene rings is 2. The Morgan fingerprint density at radius 2 is 1.62 bits per heavy atom. The quantitative estimate of drug-likeness (QED) is 0.320. The van der Waals surface area contributed by atoms with Crippen molar-refractivity contribution in [3.63, 3.8) is 0 Å². The van der Waals surface area contributed by atoms with Crippen LogP contribution in [0.3, 0.4) is 0 Å². The summed E-state index contributed by atoms with van der Waals surface area (Å²) in [7, 11) is 0. The number of aliphatic hydroxyl groups excluding tert-OH is 1. The first-order chi connectivity index (χ1) is 19.4. The Labute approximate surface area is 232 Å². The number of phenolic OH excluding ortho intramolecular Hbond substituents is 1. The number of rotatable bonds is 8. The van der Waals surface area contributed by atoms with Crippen molar-refractivity contribution in [3.05, 3.63) is 101 Å². The van der Waals surface area contributed by atoms with Gasteiger partial charge in [0.15, 0.2) is 11.9 Å². The number of amides is 2. The maximum Gasteiger partial charge on any atom is 0.272 e. The molecular formula is C30H31N5O5. The Hall–Kier alpha value is -4.70. The Kier molecular flexibility index (Phi) is 7.79. The average Bonchev–Trinajstić information content (AvgIpc) is 3.01. The number of piperazine rings is 1. The highest BCUT2D eigenvalue weighted by Crippen LogP contribution is 2.34. The first-order valence-electron chi connectivity index (χ1n) is 13.3. The van der Waals surface area contributed by atoms with Gasteiger partial charge in [0, 0.05) is 32.4 Å². The van der Waals surface area contributed by atoms with Crippen molar-refractivity contribution in [1.82, 2.24) is 20.1 Å². The molecule has 206 valence electrons. The fourth-order valence-corrected chi connectivity index (χ4v) is 4.92. The minimum Gasteiger partial charge on any atom is -0.505 e. The Morgan fingerprint density at radius 3 is 2.27 bits per heavy atom. The number of carbonyl (C=O) groups is 3. The number of aromatic nitrogens is 1. The summed E-state index contributed by atoms with van der Waals surface area (Å²) in [6.07, 6.45) is 0.912. The third-order valence-electron chi connectivity index (χ3n) is 7.24. The number of pyridine rings is 1. The van der Waals surface area contributed by atoms with E-state index in [9.17, 15) is 24.6 Å². The molecule has 1 saturated heterocycles. The minimum absolute atomic E-state index is 0.0838. The van der Waals surface area contributed by atoms with Crippen LogP contribution in [0.25, 0.3) is 0 Å². The highest BCUT2D eigenvalue weighted by molar-refractivity contribution is 6.09. The third kappa shape index (κ3) is 5.26. The molecule has 10 nitrogen and oxygen atoms in total. The molecule has 2 heterocycles. The lowest BCUT2D eigenvalue weighted by atomic mass is 9.92. The molecule has 0 spiro atoms. The smallest absolute Gasteiger partial charge is 0.272 e. The fourth-order valence-electron chi connectivity index (χ4n) is 4.92. The van der Waals surface area contributed by atoms with E-state index in [-0.39, 0.29) is 46.3 Å². The van der Waals surface area contributed by atoms with Crippen LogP contribution in [0.15, 0.2) is 84.3 Å². The molecule has 5 rings (SSSR count). The van der Waals surface area contributed by atoms with Crippen LogP contribution < -0.4 is 10.6 Å². The Balaban J connectivity index is 1.28. The van der Waals surface area contributed by atoms with Crippen LogP contribution in [-0.2, 0) is 4.79 Å². The van der Waals surface area contributed by atoms with Crippen LogP contribution in [-0.4, -0.2) is 74.9 Å². The van der Waals surface area contributed by atoms with Gasteiger partial charge in [0.25, 0.3) is 11.8 Å². The molecule has 1 aromatic heterocycles. The van der Waals surface area contributed by atoms with Gasteiger partial charge in [-0.2, -0.15) is 0 Å².